The summed E-state index contributed by atoms with van der Waals surface area (Å²) < 4.78 is 5.46. The molecule has 0 saturated carbocycles. The third-order valence-electron chi connectivity index (χ3n) is 5.17. The van der Waals surface area contributed by atoms with Crippen LogP contribution in [0, 0.1) is 0 Å². The lowest BCUT2D eigenvalue weighted by molar-refractivity contribution is -0.150. The highest BCUT2D eigenvalue weighted by molar-refractivity contribution is 6.11. The fourth-order valence-corrected chi connectivity index (χ4v) is 3.85. The summed E-state index contributed by atoms with van der Waals surface area (Å²) in [6.45, 7) is 3.55. The lowest BCUT2D eigenvalue weighted by atomic mass is 9.94. The molecule has 2 aromatic carbocycles. The Hall–Kier alpha value is -3.06. The van der Waals surface area contributed by atoms with Crippen LogP contribution in [-0.2, 0) is 10.5 Å². The Morgan fingerprint density at radius 2 is 1.82 bits per heavy atom. The molecule has 3 amide bonds. The fourth-order valence-electron chi connectivity index (χ4n) is 3.85. The first-order chi connectivity index (χ1) is 13.6. The Labute approximate surface area is 163 Å². The predicted octanol–water partition coefficient (Wildman–Crippen LogP) is 2.90. The van der Waals surface area contributed by atoms with Crippen molar-refractivity contribution < 1.29 is 19.4 Å². The number of likely N-dealkylation sites (tertiary alicyclic amines) is 1. The van der Waals surface area contributed by atoms with E-state index in [1.165, 1.54) is 0 Å². The van der Waals surface area contributed by atoms with Gasteiger partial charge >= 0.3 is 6.03 Å². The largest absolute Gasteiger partial charge is 0.494 e. The number of nitrogens with one attached hydrogen (secondary N) is 1. The monoisotopic (exact) mass is 381 g/mol. The zero-order valence-corrected chi connectivity index (χ0v) is 15.7. The maximum Gasteiger partial charge on any atom is 0.329 e. The number of hydrogen-bond donors (Lipinski definition) is 2. The zero-order valence-electron chi connectivity index (χ0n) is 15.7. The highest BCUT2D eigenvalue weighted by atomic mass is 16.5. The van der Waals surface area contributed by atoms with E-state index in [-0.39, 0.29) is 0 Å². The van der Waals surface area contributed by atoms with Gasteiger partial charge in [-0.3, -0.25) is 9.69 Å². The minimum Gasteiger partial charge on any atom is -0.494 e. The number of carbonyl (C=O) groups excluding carboxylic acids is 2. The molecule has 1 fully saturated rings. The van der Waals surface area contributed by atoms with Crippen molar-refractivity contribution in [3.8, 4) is 5.75 Å². The third-order valence-corrected chi connectivity index (χ3v) is 5.17. The van der Waals surface area contributed by atoms with Crippen LogP contribution in [0.4, 0.5) is 16.2 Å². The third kappa shape index (κ3) is 2.88. The second kappa shape index (κ2) is 7.16. The Bertz CT molecular complexity index is 893. The van der Waals surface area contributed by atoms with Gasteiger partial charge in [-0.15, -0.1) is 0 Å². The molecule has 0 bridgehead atoms. The first-order valence-corrected chi connectivity index (χ1v) is 9.51. The van der Waals surface area contributed by atoms with Gasteiger partial charge in [0, 0.05) is 24.3 Å². The Morgan fingerprint density at radius 1 is 1.14 bits per heavy atom. The van der Waals surface area contributed by atoms with Crippen LogP contribution in [0.5, 0.6) is 5.75 Å². The van der Waals surface area contributed by atoms with Gasteiger partial charge in [0.2, 0.25) is 0 Å². The topological polar surface area (TPSA) is 82.1 Å². The maximum absolute atomic E-state index is 13.4. The number of urea groups is 1. The molecule has 7 heteroatoms. The van der Waals surface area contributed by atoms with Crippen molar-refractivity contribution in [3.63, 3.8) is 0 Å². The van der Waals surface area contributed by atoms with Crippen LogP contribution in [0.3, 0.4) is 0 Å². The van der Waals surface area contributed by atoms with E-state index in [0.717, 1.165) is 17.7 Å². The molecule has 2 aliphatic rings. The summed E-state index contributed by atoms with van der Waals surface area (Å²) in [5, 5.41) is 14.5. The standard InChI is InChI=1S/C21H23N3O4/c1-2-28-16-11-9-15(10-12-16)24-20(26)22-18-8-4-3-7-17(18)21(24,27)19(25)23-13-5-6-14-23/h3-4,7-12,27H,2,5-6,13-14H2,1H3,(H,22,26)/t21-/m0/s1. The summed E-state index contributed by atoms with van der Waals surface area (Å²) in [6, 6.07) is 13.1. The van der Waals surface area contributed by atoms with Crippen LogP contribution in [0.25, 0.3) is 0 Å². The molecular weight excluding hydrogens is 358 g/mol. The molecule has 2 aliphatic heterocycles. The van der Waals surface area contributed by atoms with Crippen LogP contribution in [0.1, 0.15) is 25.3 Å². The summed E-state index contributed by atoms with van der Waals surface area (Å²) >= 11 is 0. The SMILES string of the molecule is CCOc1ccc(N2C(=O)Nc3ccccc3[C@]2(O)C(=O)N2CCCC2)cc1. The van der Waals surface area contributed by atoms with E-state index < -0.39 is 17.7 Å². The van der Waals surface area contributed by atoms with E-state index in [1.54, 1.807) is 53.4 Å². The van der Waals surface area contributed by atoms with Crippen molar-refractivity contribution in [2.75, 3.05) is 29.9 Å². The van der Waals surface area contributed by atoms with Crippen molar-refractivity contribution >= 4 is 23.3 Å². The highest BCUT2D eigenvalue weighted by Crippen LogP contribution is 2.41. The molecule has 2 aromatic rings. The van der Waals surface area contributed by atoms with Crippen LogP contribution < -0.4 is 15.0 Å². The number of para-hydroxylation sites is 1. The van der Waals surface area contributed by atoms with Crippen molar-refractivity contribution in [1.82, 2.24) is 4.90 Å². The van der Waals surface area contributed by atoms with Crippen molar-refractivity contribution in [2.24, 2.45) is 0 Å². The number of anilines is 2. The van der Waals surface area contributed by atoms with E-state index >= 15 is 0 Å². The normalized spacial score (nSPS) is 21.3. The van der Waals surface area contributed by atoms with Gasteiger partial charge in [-0.1, -0.05) is 18.2 Å². The van der Waals surface area contributed by atoms with Gasteiger partial charge < -0.3 is 20.1 Å². The molecule has 7 nitrogen and oxygen atoms in total. The van der Waals surface area contributed by atoms with Gasteiger partial charge in [0.1, 0.15) is 5.75 Å². The molecule has 0 aliphatic carbocycles. The van der Waals surface area contributed by atoms with Crippen molar-refractivity contribution in [1.29, 1.82) is 0 Å². The number of fused-ring (bicyclic) bond motifs is 1. The van der Waals surface area contributed by atoms with Crippen LogP contribution in [0.15, 0.2) is 48.5 Å². The van der Waals surface area contributed by atoms with Gasteiger partial charge in [0.25, 0.3) is 11.6 Å². The van der Waals surface area contributed by atoms with Gasteiger partial charge in [0.15, 0.2) is 0 Å². The number of carbonyl (C=O) groups is 2. The Balaban J connectivity index is 1.82. The number of amides is 3. The molecule has 146 valence electrons. The molecule has 28 heavy (non-hydrogen) atoms. The first-order valence-electron chi connectivity index (χ1n) is 9.51. The van der Waals surface area contributed by atoms with E-state index in [1.807, 2.05) is 6.92 Å². The predicted molar refractivity (Wildman–Crippen MR) is 105 cm³/mol. The fraction of sp³-hybridized carbons (Fsp3) is 0.333. The number of aliphatic hydroxyl groups is 1. The van der Waals surface area contributed by atoms with E-state index in [4.69, 9.17) is 4.74 Å². The number of rotatable bonds is 4. The molecule has 1 atom stereocenters. The van der Waals surface area contributed by atoms with Gasteiger partial charge in [-0.2, -0.15) is 0 Å². The lowest BCUT2D eigenvalue weighted by Gasteiger charge is -2.44. The minimum atomic E-state index is -2.11. The molecule has 2 heterocycles. The lowest BCUT2D eigenvalue weighted by Crippen LogP contribution is -2.62. The highest BCUT2D eigenvalue weighted by Gasteiger charge is 2.53. The second-order valence-corrected chi connectivity index (χ2v) is 6.91. The summed E-state index contributed by atoms with van der Waals surface area (Å²) in [7, 11) is 0. The van der Waals surface area contributed by atoms with E-state index in [0.29, 0.717) is 42.4 Å². The molecule has 1 saturated heterocycles. The van der Waals surface area contributed by atoms with Crippen LogP contribution >= 0.6 is 0 Å². The molecule has 0 spiro atoms. The van der Waals surface area contributed by atoms with Gasteiger partial charge in [-0.25, -0.2) is 4.79 Å². The van der Waals surface area contributed by atoms with Crippen molar-refractivity contribution in [3.05, 3.63) is 54.1 Å². The Morgan fingerprint density at radius 3 is 2.50 bits per heavy atom. The number of nitrogens with zero attached hydrogens (tertiary/aromatic N) is 2. The molecular formula is C21H23N3O4. The summed E-state index contributed by atoms with van der Waals surface area (Å²) in [4.78, 5) is 29.1. The summed E-state index contributed by atoms with van der Waals surface area (Å²) in [6.07, 6.45) is 1.78. The quantitative estimate of drug-likeness (QED) is 0.853. The summed E-state index contributed by atoms with van der Waals surface area (Å²) in [5.41, 5.74) is -0.910. The van der Waals surface area contributed by atoms with Gasteiger partial charge in [0.05, 0.1) is 12.3 Å². The average molecular weight is 381 g/mol. The van der Waals surface area contributed by atoms with E-state index in [2.05, 4.69) is 5.32 Å². The maximum atomic E-state index is 13.4. The second-order valence-electron chi connectivity index (χ2n) is 6.91. The first kappa shape index (κ1) is 18.3. The molecule has 0 radical (unpaired) electrons. The van der Waals surface area contributed by atoms with Crippen molar-refractivity contribution in [2.45, 2.75) is 25.5 Å². The van der Waals surface area contributed by atoms with Crippen LogP contribution in [0.2, 0.25) is 0 Å². The minimum absolute atomic E-state index is 0.361. The number of hydrogen-bond acceptors (Lipinski definition) is 4. The number of ether oxygens (including phenoxy) is 1. The van der Waals surface area contributed by atoms with Gasteiger partial charge in [-0.05, 0) is 50.1 Å². The zero-order chi connectivity index (χ0) is 19.7. The summed E-state index contributed by atoms with van der Waals surface area (Å²) in [5.74, 6) is 0.166. The smallest absolute Gasteiger partial charge is 0.329 e. The Kier molecular flexibility index (Phi) is 4.68. The molecule has 0 unspecified atom stereocenters. The average Bonchev–Trinajstić information content (AvgIpc) is 3.23. The molecule has 2 N–H and O–H groups in total. The van der Waals surface area contributed by atoms with Crippen LogP contribution in [-0.4, -0.2) is 41.6 Å². The number of benzene rings is 2. The molecule has 4 rings (SSSR count). The molecule has 0 aromatic heterocycles. The van der Waals surface area contributed by atoms with E-state index in [9.17, 15) is 14.7 Å².